The quantitative estimate of drug-likeness (QED) is 0.848. The molecule has 0 aliphatic carbocycles. The molecular formula is C20H27NO3. The summed E-state index contributed by atoms with van der Waals surface area (Å²) < 4.78 is 5.54. The Bertz CT molecular complexity index is 584. The van der Waals surface area contributed by atoms with Gasteiger partial charge in [-0.25, -0.2) is 4.79 Å². The molecule has 4 heteroatoms. The molecule has 0 radical (unpaired) electrons. The van der Waals surface area contributed by atoms with Crippen molar-refractivity contribution in [1.82, 2.24) is 4.90 Å². The molecule has 2 heterocycles. The number of hydrogen-bond acceptors (Lipinski definition) is 3. The molecule has 0 aromatic heterocycles. The van der Waals surface area contributed by atoms with Crippen molar-refractivity contribution in [3.05, 3.63) is 48.0 Å². The van der Waals surface area contributed by atoms with Gasteiger partial charge in [-0.2, -0.15) is 0 Å². The van der Waals surface area contributed by atoms with Gasteiger partial charge in [-0.15, -0.1) is 6.58 Å². The first kappa shape index (κ1) is 17.0. The first-order valence-corrected chi connectivity index (χ1v) is 8.83. The average Bonchev–Trinajstić information content (AvgIpc) is 2.51. The highest BCUT2D eigenvalue weighted by Crippen LogP contribution is 2.42. The fourth-order valence-corrected chi connectivity index (χ4v) is 4.32. The van der Waals surface area contributed by atoms with Crippen LogP contribution in [0.1, 0.15) is 51.0 Å². The fraction of sp³-hybridized carbons (Fsp3) is 0.550. The molecule has 1 aromatic rings. The summed E-state index contributed by atoms with van der Waals surface area (Å²) in [6.07, 6.45) is 4.61. The number of carbonyl (C=O) groups is 1. The first-order chi connectivity index (χ1) is 11.5. The number of benzene rings is 1. The molecule has 2 unspecified atom stereocenters. The zero-order valence-electron chi connectivity index (χ0n) is 14.4. The van der Waals surface area contributed by atoms with Crippen molar-refractivity contribution in [2.24, 2.45) is 0 Å². The summed E-state index contributed by atoms with van der Waals surface area (Å²) in [5.74, 6) is 0. The van der Waals surface area contributed by atoms with Crippen molar-refractivity contribution in [2.45, 2.75) is 69.7 Å². The van der Waals surface area contributed by atoms with Gasteiger partial charge in [-0.05, 0) is 51.0 Å². The van der Waals surface area contributed by atoms with Crippen LogP contribution in [-0.2, 0) is 11.3 Å². The summed E-state index contributed by atoms with van der Waals surface area (Å²) in [6.45, 7) is 6.19. The largest absolute Gasteiger partial charge is 0.445 e. The number of ether oxygens (including phenoxy) is 1. The topological polar surface area (TPSA) is 49.8 Å². The van der Waals surface area contributed by atoms with Crippen molar-refractivity contribution < 1.29 is 14.6 Å². The van der Waals surface area contributed by atoms with Crippen LogP contribution in [-0.4, -0.2) is 33.8 Å². The lowest BCUT2D eigenvalue weighted by molar-refractivity contribution is -0.0844. The molecule has 2 aliphatic heterocycles. The molecule has 2 bridgehead atoms. The lowest BCUT2D eigenvalue weighted by Gasteiger charge is -2.51. The van der Waals surface area contributed by atoms with E-state index in [2.05, 4.69) is 6.58 Å². The molecule has 130 valence electrons. The SMILES string of the molecule is C=C(C)CC1(O)CC2CCCC(C1)N2C(=O)OCc1ccccc1. The van der Waals surface area contributed by atoms with E-state index in [4.69, 9.17) is 4.74 Å². The third kappa shape index (κ3) is 3.81. The number of amides is 1. The molecular weight excluding hydrogens is 302 g/mol. The van der Waals surface area contributed by atoms with Crippen LogP contribution in [0.15, 0.2) is 42.5 Å². The standard InChI is InChI=1S/C20H27NO3/c1-15(2)11-20(23)12-17-9-6-10-18(13-20)21(17)19(22)24-14-16-7-4-3-5-8-16/h3-5,7-8,17-18,23H,1,6,9-14H2,2H3. The van der Waals surface area contributed by atoms with Crippen LogP contribution in [0.25, 0.3) is 0 Å². The minimum Gasteiger partial charge on any atom is -0.445 e. The molecule has 2 fully saturated rings. The van der Waals surface area contributed by atoms with Gasteiger partial charge in [0.1, 0.15) is 6.61 Å². The van der Waals surface area contributed by atoms with E-state index in [1.54, 1.807) is 0 Å². The molecule has 3 rings (SSSR count). The van der Waals surface area contributed by atoms with E-state index in [1.165, 1.54) is 0 Å². The van der Waals surface area contributed by atoms with Gasteiger partial charge in [0.2, 0.25) is 0 Å². The maximum Gasteiger partial charge on any atom is 0.410 e. The molecule has 24 heavy (non-hydrogen) atoms. The fourth-order valence-electron chi connectivity index (χ4n) is 4.32. The summed E-state index contributed by atoms with van der Waals surface area (Å²) in [6, 6.07) is 9.89. The highest BCUT2D eigenvalue weighted by atomic mass is 16.6. The van der Waals surface area contributed by atoms with Gasteiger partial charge < -0.3 is 14.7 Å². The number of rotatable bonds is 4. The Kier molecular flexibility index (Phi) is 4.95. The number of hydrogen-bond donors (Lipinski definition) is 1. The highest BCUT2D eigenvalue weighted by molar-refractivity contribution is 5.69. The lowest BCUT2D eigenvalue weighted by Crippen LogP contribution is -2.59. The van der Waals surface area contributed by atoms with E-state index >= 15 is 0 Å². The average molecular weight is 329 g/mol. The lowest BCUT2D eigenvalue weighted by atomic mass is 9.73. The van der Waals surface area contributed by atoms with Crippen molar-refractivity contribution in [1.29, 1.82) is 0 Å². The van der Waals surface area contributed by atoms with Gasteiger partial charge in [0.25, 0.3) is 0 Å². The maximum atomic E-state index is 12.6. The van der Waals surface area contributed by atoms with Crippen LogP contribution in [0.5, 0.6) is 0 Å². The van der Waals surface area contributed by atoms with Crippen LogP contribution in [0.3, 0.4) is 0 Å². The minimum absolute atomic E-state index is 0.0742. The summed E-state index contributed by atoms with van der Waals surface area (Å²) in [5, 5.41) is 10.9. The van der Waals surface area contributed by atoms with Crippen molar-refractivity contribution in [2.75, 3.05) is 0 Å². The van der Waals surface area contributed by atoms with Crippen LogP contribution in [0.4, 0.5) is 4.79 Å². The second kappa shape index (κ2) is 6.98. The first-order valence-electron chi connectivity index (χ1n) is 8.83. The van der Waals surface area contributed by atoms with Crippen molar-refractivity contribution >= 4 is 6.09 Å². The van der Waals surface area contributed by atoms with Crippen molar-refractivity contribution in [3.63, 3.8) is 0 Å². The Hall–Kier alpha value is -1.81. The van der Waals surface area contributed by atoms with E-state index in [0.717, 1.165) is 30.4 Å². The van der Waals surface area contributed by atoms with Crippen LogP contribution in [0.2, 0.25) is 0 Å². The Balaban J connectivity index is 1.65. The van der Waals surface area contributed by atoms with Gasteiger partial charge in [-0.3, -0.25) is 0 Å². The van der Waals surface area contributed by atoms with Crippen LogP contribution >= 0.6 is 0 Å². The summed E-state index contributed by atoms with van der Waals surface area (Å²) in [7, 11) is 0. The van der Waals surface area contributed by atoms with E-state index in [-0.39, 0.29) is 18.2 Å². The number of carbonyl (C=O) groups excluding carboxylic acids is 1. The Morgan fingerprint density at radius 3 is 2.50 bits per heavy atom. The molecule has 4 nitrogen and oxygen atoms in total. The van der Waals surface area contributed by atoms with Gasteiger partial charge in [0.15, 0.2) is 0 Å². The Labute approximate surface area is 144 Å². The molecule has 2 saturated heterocycles. The van der Waals surface area contributed by atoms with E-state index in [9.17, 15) is 9.90 Å². The molecule has 0 saturated carbocycles. The molecule has 1 amide bonds. The second-order valence-corrected chi connectivity index (χ2v) is 7.45. The Morgan fingerprint density at radius 2 is 1.92 bits per heavy atom. The van der Waals surface area contributed by atoms with Crippen LogP contribution in [0, 0.1) is 0 Å². The molecule has 1 aromatic carbocycles. The van der Waals surface area contributed by atoms with E-state index < -0.39 is 5.60 Å². The zero-order chi connectivity index (χ0) is 17.2. The van der Waals surface area contributed by atoms with Gasteiger partial charge in [0, 0.05) is 12.1 Å². The third-order valence-corrected chi connectivity index (χ3v) is 5.14. The van der Waals surface area contributed by atoms with Crippen LogP contribution < -0.4 is 0 Å². The minimum atomic E-state index is -0.724. The van der Waals surface area contributed by atoms with E-state index in [0.29, 0.717) is 25.9 Å². The predicted octanol–water partition coefficient (Wildman–Crippen LogP) is 4.04. The molecule has 0 spiro atoms. The summed E-state index contributed by atoms with van der Waals surface area (Å²) in [5.41, 5.74) is 1.26. The summed E-state index contributed by atoms with van der Waals surface area (Å²) >= 11 is 0. The van der Waals surface area contributed by atoms with Crippen molar-refractivity contribution in [3.8, 4) is 0 Å². The number of fused-ring (bicyclic) bond motifs is 2. The monoisotopic (exact) mass is 329 g/mol. The van der Waals surface area contributed by atoms with Gasteiger partial charge in [-0.1, -0.05) is 35.9 Å². The Morgan fingerprint density at radius 1 is 1.29 bits per heavy atom. The molecule has 2 aliphatic rings. The second-order valence-electron chi connectivity index (χ2n) is 7.45. The predicted molar refractivity (Wildman–Crippen MR) is 93.5 cm³/mol. The highest BCUT2D eigenvalue weighted by Gasteiger charge is 2.47. The number of nitrogens with zero attached hydrogens (tertiary/aromatic N) is 1. The zero-order valence-corrected chi connectivity index (χ0v) is 14.4. The van der Waals surface area contributed by atoms with Gasteiger partial charge in [0.05, 0.1) is 5.60 Å². The van der Waals surface area contributed by atoms with Gasteiger partial charge >= 0.3 is 6.09 Å². The number of piperidine rings is 2. The molecule has 2 atom stereocenters. The molecule has 1 N–H and O–H groups in total. The van der Waals surface area contributed by atoms with E-state index in [1.807, 2.05) is 42.2 Å². The smallest absolute Gasteiger partial charge is 0.410 e. The summed E-state index contributed by atoms with van der Waals surface area (Å²) in [4.78, 5) is 14.5. The third-order valence-electron chi connectivity index (χ3n) is 5.14. The maximum absolute atomic E-state index is 12.6. The normalized spacial score (nSPS) is 29.2. The number of aliphatic hydroxyl groups is 1.